The van der Waals surface area contributed by atoms with E-state index in [1.54, 1.807) is 12.1 Å². The number of nitrogens with zero attached hydrogens (tertiary/aromatic N) is 1. The molecular weight excluding hydrogens is 483 g/mol. The number of rotatable bonds is 4. The largest absolute Gasteiger partial charge is 0.416 e. The van der Waals surface area contributed by atoms with Crippen molar-refractivity contribution in [2.24, 2.45) is 0 Å². The third-order valence-electron chi connectivity index (χ3n) is 6.35. The summed E-state index contributed by atoms with van der Waals surface area (Å²) in [7, 11) is 0. The number of carbonyl (C=O) groups is 2. The fourth-order valence-corrected chi connectivity index (χ4v) is 4.67. The molecule has 2 amide bonds. The van der Waals surface area contributed by atoms with Gasteiger partial charge in [0, 0.05) is 30.3 Å². The van der Waals surface area contributed by atoms with Crippen molar-refractivity contribution in [3.63, 3.8) is 0 Å². The first-order valence-electron chi connectivity index (χ1n) is 11.5. The summed E-state index contributed by atoms with van der Waals surface area (Å²) in [6, 6.07) is 8.17. The highest BCUT2D eigenvalue weighted by atomic mass is 19.4. The number of hydrogen-bond donors (Lipinski definition) is 2. The molecule has 36 heavy (non-hydrogen) atoms. The smallest absolute Gasteiger partial charge is 0.393 e. The number of alkyl halides is 5. The van der Waals surface area contributed by atoms with Gasteiger partial charge in [0.15, 0.2) is 0 Å². The summed E-state index contributed by atoms with van der Waals surface area (Å²) in [5, 5.41) is 12.8. The van der Waals surface area contributed by atoms with Crippen LogP contribution in [0.1, 0.15) is 48.4 Å². The molecule has 0 radical (unpaired) electrons. The topological polar surface area (TPSA) is 69.6 Å². The number of amides is 2. The Bertz CT molecular complexity index is 1220. The molecule has 0 aromatic heterocycles. The molecule has 0 bridgehead atoms. The second-order valence-corrected chi connectivity index (χ2v) is 9.27. The zero-order valence-electron chi connectivity index (χ0n) is 19.5. The first-order chi connectivity index (χ1) is 16.8. The maximum Gasteiger partial charge on any atom is 0.416 e. The van der Waals surface area contributed by atoms with Crippen LogP contribution in [0.5, 0.6) is 0 Å². The van der Waals surface area contributed by atoms with E-state index < -0.39 is 42.0 Å². The molecule has 1 aliphatic heterocycles. The Morgan fingerprint density at radius 2 is 1.89 bits per heavy atom. The van der Waals surface area contributed by atoms with E-state index in [2.05, 4.69) is 5.32 Å². The molecule has 0 saturated heterocycles. The standard InChI is InChI=1S/C26H25F5N2O3/c1-25(27,28)14-24(36)33-10-9-16(19-8-6-17(12-22(19)33)26(29,30)31)11-23(35)32-21-4-2-3-15-5-7-18(34)13-20(15)21/h2-4,6,8,11-12,18,34H,5,7,9-10,13-14H2,1H3,(H,32,35)/b16-11+. The van der Waals surface area contributed by atoms with Gasteiger partial charge in [-0.1, -0.05) is 18.2 Å². The maximum atomic E-state index is 13.5. The van der Waals surface area contributed by atoms with Crippen LogP contribution >= 0.6 is 0 Å². The Labute approximate surface area is 204 Å². The van der Waals surface area contributed by atoms with E-state index in [1.165, 1.54) is 6.08 Å². The molecule has 1 atom stereocenters. The molecule has 10 heteroatoms. The van der Waals surface area contributed by atoms with Crippen LogP contribution in [0.4, 0.5) is 33.3 Å². The molecule has 1 aliphatic carbocycles. The van der Waals surface area contributed by atoms with Gasteiger partial charge in [0.05, 0.1) is 23.8 Å². The van der Waals surface area contributed by atoms with Gasteiger partial charge in [0.25, 0.3) is 5.92 Å². The number of nitrogens with one attached hydrogen (secondary N) is 1. The normalized spacial score (nSPS) is 19.0. The predicted molar refractivity (Wildman–Crippen MR) is 125 cm³/mol. The summed E-state index contributed by atoms with van der Waals surface area (Å²) in [6.45, 7) is 0.425. The Morgan fingerprint density at radius 3 is 2.58 bits per heavy atom. The average molecular weight is 508 g/mol. The van der Waals surface area contributed by atoms with Crippen LogP contribution in [0.25, 0.3) is 5.57 Å². The number of aliphatic hydroxyl groups is 1. The Kier molecular flexibility index (Phi) is 6.92. The van der Waals surface area contributed by atoms with Crippen molar-refractivity contribution in [1.29, 1.82) is 0 Å². The van der Waals surface area contributed by atoms with Gasteiger partial charge in [-0.05, 0) is 61.1 Å². The molecular formula is C26H25F5N2O3. The molecule has 2 aliphatic rings. The van der Waals surface area contributed by atoms with Crippen LogP contribution in [0, 0.1) is 0 Å². The Hall–Kier alpha value is -3.27. The SMILES string of the molecule is CC(F)(F)CC(=O)N1CC/C(=C\C(=O)Nc2cccc3c2CC(O)CC3)c2ccc(C(F)(F)F)cc21. The minimum atomic E-state index is -4.70. The van der Waals surface area contributed by atoms with Crippen molar-refractivity contribution in [2.45, 2.75) is 57.2 Å². The van der Waals surface area contributed by atoms with E-state index in [4.69, 9.17) is 0 Å². The second kappa shape index (κ2) is 9.65. The minimum absolute atomic E-state index is 0.0957. The molecule has 2 aromatic carbocycles. The van der Waals surface area contributed by atoms with E-state index in [1.807, 2.05) is 6.07 Å². The zero-order valence-corrected chi connectivity index (χ0v) is 19.5. The number of aliphatic hydroxyl groups excluding tert-OH is 1. The highest BCUT2D eigenvalue weighted by molar-refractivity contribution is 6.07. The predicted octanol–water partition coefficient (Wildman–Crippen LogP) is 5.36. The molecule has 1 unspecified atom stereocenters. The molecule has 2 aromatic rings. The van der Waals surface area contributed by atoms with Crippen molar-refractivity contribution in [3.05, 3.63) is 64.7 Å². The average Bonchev–Trinajstić information content (AvgIpc) is 2.77. The molecule has 0 spiro atoms. The van der Waals surface area contributed by atoms with Crippen LogP contribution in [-0.4, -0.2) is 35.5 Å². The van der Waals surface area contributed by atoms with Crippen LogP contribution < -0.4 is 10.2 Å². The van der Waals surface area contributed by atoms with Crippen molar-refractivity contribution in [1.82, 2.24) is 0 Å². The van der Waals surface area contributed by atoms with Gasteiger partial charge in [-0.25, -0.2) is 8.78 Å². The van der Waals surface area contributed by atoms with E-state index in [9.17, 15) is 36.6 Å². The van der Waals surface area contributed by atoms with Crippen LogP contribution in [-0.2, 0) is 28.6 Å². The maximum absolute atomic E-state index is 13.5. The first kappa shape index (κ1) is 25.8. The van der Waals surface area contributed by atoms with Gasteiger partial charge in [-0.3, -0.25) is 9.59 Å². The van der Waals surface area contributed by atoms with Crippen molar-refractivity contribution in [2.75, 3.05) is 16.8 Å². The fraction of sp³-hybridized carbons (Fsp3) is 0.385. The lowest BCUT2D eigenvalue weighted by molar-refractivity contribution is -0.137. The summed E-state index contributed by atoms with van der Waals surface area (Å²) in [5.41, 5.74) is 1.79. The fourth-order valence-electron chi connectivity index (χ4n) is 4.67. The summed E-state index contributed by atoms with van der Waals surface area (Å²) in [6.07, 6.45) is -3.31. The number of halogens is 5. The van der Waals surface area contributed by atoms with Gasteiger partial charge < -0.3 is 15.3 Å². The number of carbonyl (C=O) groups excluding carboxylic acids is 2. The lowest BCUT2D eigenvalue weighted by Crippen LogP contribution is -2.38. The number of fused-ring (bicyclic) bond motifs is 2. The summed E-state index contributed by atoms with van der Waals surface area (Å²) in [4.78, 5) is 26.3. The van der Waals surface area contributed by atoms with Crippen molar-refractivity contribution >= 4 is 28.8 Å². The molecule has 192 valence electrons. The number of benzene rings is 2. The summed E-state index contributed by atoms with van der Waals surface area (Å²) >= 11 is 0. The third kappa shape index (κ3) is 5.75. The monoisotopic (exact) mass is 508 g/mol. The lowest BCUT2D eigenvalue weighted by Gasteiger charge is -2.32. The van der Waals surface area contributed by atoms with E-state index in [0.29, 0.717) is 37.4 Å². The second-order valence-electron chi connectivity index (χ2n) is 9.27. The Balaban J connectivity index is 1.65. The number of hydrogen-bond acceptors (Lipinski definition) is 3. The highest BCUT2D eigenvalue weighted by Crippen LogP contribution is 2.40. The van der Waals surface area contributed by atoms with Gasteiger partial charge in [0.2, 0.25) is 11.8 Å². The third-order valence-corrected chi connectivity index (χ3v) is 6.35. The summed E-state index contributed by atoms with van der Waals surface area (Å²) in [5.74, 6) is -4.85. The van der Waals surface area contributed by atoms with Gasteiger partial charge in [0.1, 0.15) is 0 Å². The van der Waals surface area contributed by atoms with Crippen molar-refractivity contribution in [3.8, 4) is 0 Å². The molecule has 0 saturated carbocycles. The zero-order chi connectivity index (χ0) is 26.3. The quantitative estimate of drug-likeness (QED) is 0.432. The molecule has 0 fully saturated rings. The number of anilines is 2. The first-order valence-corrected chi connectivity index (χ1v) is 11.5. The Morgan fingerprint density at radius 1 is 1.14 bits per heavy atom. The molecule has 4 rings (SSSR count). The van der Waals surface area contributed by atoms with Crippen molar-refractivity contribution < 1.29 is 36.6 Å². The summed E-state index contributed by atoms with van der Waals surface area (Å²) < 4.78 is 67.0. The van der Waals surface area contributed by atoms with Crippen LogP contribution in [0.3, 0.4) is 0 Å². The van der Waals surface area contributed by atoms with E-state index in [0.717, 1.165) is 34.2 Å². The van der Waals surface area contributed by atoms with Crippen LogP contribution in [0.15, 0.2) is 42.5 Å². The van der Waals surface area contributed by atoms with Crippen LogP contribution in [0.2, 0.25) is 0 Å². The molecule has 5 nitrogen and oxygen atoms in total. The highest BCUT2D eigenvalue weighted by Gasteiger charge is 2.36. The lowest BCUT2D eigenvalue weighted by atomic mass is 9.88. The molecule has 1 heterocycles. The minimum Gasteiger partial charge on any atom is -0.393 e. The van der Waals surface area contributed by atoms with E-state index >= 15 is 0 Å². The molecule has 2 N–H and O–H groups in total. The number of aryl methyl sites for hydroxylation is 1. The van der Waals surface area contributed by atoms with E-state index in [-0.39, 0.29) is 24.2 Å². The van der Waals surface area contributed by atoms with Gasteiger partial charge >= 0.3 is 6.18 Å². The van der Waals surface area contributed by atoms with Gasteiger partial charge in [-0.15, -0.1) is 0 Å². The van der Waals surface area contributed by atoms with Gasteiger partial charge in [-0.2, -0.15) is 13.2 Å².